The van der Waals surface area contributed by atoms with E-state index in [1.165, 1.54) is 6.42 Å². The quantitative estimate of drug-likeness (QED) is 0.905. The van der Waals surface area contributed by atoms with Crippen LogP contribution in [0.3, 0.4) is 0 Å². The highest BCUT2D eigenvalue weighted by molar-refractivity contribution is 6.30. The number of benzene rings is 1. The number of likely N-dealkylation sites (tertiary alicyclic amines) is 1. The van der Waals surface area contributed by atoms with Gasteiger partial charge in [-0.1, -0.05) is 43.0 Å². The highest BCUT2D eigenvalue weighted by atomic mass is 35.5. The fraction of sp³-hybridized carbons (Fsp3) is 0.611. The lowest BCUT2D eigenvalue weighted by molar-refractivity contribution is -0.141. The molecule has 1 aliphatic heterocycles. The lowest BCUT2D eigenvalue weighted by atomic mass is 9.68. The van der Waals surface area contributed by atoms with E-state index in [0.717, 1.165) is 31.2 Å². The van der Waals surface area contributed by atoms with E-state index in [4.69, 9.17) is 11.6 Å². The van der Waals surface area contributed by atoms with Crippen LogP contribution >= 0.6 is 11.6 Å². The molecule has 1 saturated carbocycles. The van der Waals surface area contributed by atoms with Crippen molar-refractivity contribution in [1.29, 1.82) is 0 Å². The standard InChI is InChI=1S/C18H24ClNO2/c19-15-6-4-14(5-7-15)18(10-2-1-3-11-18)17(22)20-12-8-16(21)9-13-20/h4-7,16,21H,1-3,8-13H2. The molecule has 1 aromatic carbocycles. The molecule has 0 aromatic heterocycles. The van der Waals surface area contributed by atoms with E-state index in [0.29, 0.717) is 31.0 Å². The third-order valence-electron chi connectivity index (χ3n) is 5.26. The molecule has 2 aliphatic rings. The fourth-order valence-electron chi connectivity index (χ4n) is 3.92. The van der Waals surface area contributed by atoms with E-state index in [9.17, 15) is 9.90 Å². The van der Waals surface area contributed by atoms with Crippen molar-refractivity contribution in [3.8, 4) is 0 Å². The van der Waals surface area contributed by atoms with Gasteiger partial charge in [0.25, 0.3) is 0 Å². The van der Waals surface area contributed by atoms with E-state index in [-0.39, 0.29) is 17.4 Å². The first-order valence-electron chi connectivity index (χ1n) is 8.35. The van der Waals surface area contributed by atoms with Gasteiger partial charge >= 0.3 is 0 Å². The van der Waals surface area contributed by atoms with Crippen LogP contribution in [-0.2, 0) is 10.2 Å². The van der Waals surface area contributed by atoms with Crippen LogP contribution in [0, 0.1) is 0 Å². The number of aliphatic hydroxyl groups excluding tert-OH is 1. The Kier molecular flexibility index (Phi) is 4.74. The second kappa shape index (κ2) is 6.59. The number of carbonyl (C=O) groups excluding carboxylic acids is 1. The van der Waals surface area contributed by atoms with Gasteiger partial charge in [-0.05, 0) is 43.4 Å². The Balaban J connectivity index is 1.88. The van der Waals surface area contributed by atoms with Crippen molar-refractivity contribution in [2.75, 3.05) is 13.1 Å². The smallest absolute Gasteiger partial charge is 0.233 e. The summed E-state index contributed by atoms with van der Waals surface area (Å²) in [6, 6.07) is 7.82. The van der Waals surface area contributed by atoms with Crippen LogP contribution in [0.25, 0.3) is 0 Å². The van der Waals surface area contributed by atoms with E-state index in [1.54, 1.807) is 0 Å². The van der Waals surface area contributed by atoms with E-state index < -0.39 is 0 Å². The largest absolute Gasteiger partial charge is 0.393 e. The number of hydrogen-bond acceptors (Lipinski definition) is 2. The molecule has 3 nitrogen and oxygen atoms in total. The molecular formula is C18H24ClNO2. The van der Waals surface area contributed by atoms with Gasteiger partial charge in [-0.25, -0.2) is 0 Å². The summed E-state index contributed by atoms with van der Waals surface area (Å²) in [6.45, 7) is 1.35. The van der Waals surface area contributed by atoms with Crippen molar-refractivity contribution in [2.24, 2.45) is 0 Å². The van der Waals surface area contributed by atoms with Crippen LogP contribution in [0.4, 0.5) is 0 Å². The summed E-state index contributed by atoms with van der Waals surface area (Å²) >= 11 is 6.02. The summed E-state index contributed by atoms with van der Waals surface area (Å²) in [6.07, 6.45) is 6.41. The minimum Gasteiger partial charge on any atom is -0.393 e. The average molecular weight is 322 g/mol. The minimum atomic E-state index is -0.384. The first-order chi connectivity index (χ1) is 10.6. The maximum atomic E-state index is 13.3. The number of aliphatic hydroxyl groups is 1. The third kappa shape index (κ3) is 3.02. The first-order valence-corrected chi connectivity index (χ1v) is 8.73. The summed E-state index contributed by atoms with van der Waals surface area (Å²) in [5.41, 5.74) is 0.721. The molecule has 0 atom stereocenters. The zero-order valence-electron chi connectivity index (χ0n) is 12.9. The molecule has 3 rings (SSSR count). The van der Waals surface area contributed by atoms with E-state index >= 15 is 0 Å². The molecule has 0 bridgehead atoms. The summed E-state index contributed by atoms with van der Waals surface area (Å²) in [5.74, 6) is 0.251. The molecule has 22 heavy (non-hydrogen) atoms. The Hall–Kier alpha value is -1.06. The van der Waals surface area contributed by atoms with Gasteiger partial charge in [0.15, 0.2) is 0 Å². The molecule has 1 aliphatic carbocycles. The Morgan fingerprint density at radius 2 is 1.68 bits per heavy atom. The SMILES string of the molecule is O=C(N1CCC(O)CC1)C1(c2ccc(Cl)cc2)CCCCC1. The predicted molar refractivity (Wildman–Crippen MR) is 88.0 cm³/mol. The van der Waals surface area contributed by atoms with Crippen molar-refractivity contribution >= 4 is 17.5 Å². The molecule has 120 valence electrons. The number of halogens is 1. The van der Waals surface area contributed by atoms with Crippen molar-refractivity contribution in [3.05, 3.63) is 34.9 Å². The summed E-state index contributed by atoms with van der Waals surface area (Å²) < 4.78 is 0. The van der Waals surface area contributed by atoms with Gasteiger partial charge in [0.05, 0.1) is 11.5 Å². The van der Waals surface area contributed by atoms with Gasteiger partial charge in [-0.3, -0.25) is 4.79 Å². The molecule has 1 amide bonds. The maximum Gasteiger partial charge on any atom is 0.233 e. The average Bonchev–Trinajstić information content (AvgIpc) is 2.56. The van der Waals surface area contributed by atoms with Crippen LogP contribution in [0.2, 0.25) is 5.02 Å². The Labute approximate surface area is 137 Å². The molecule has 1 saturated heterocycles. The molecule has 4 heteroatoms. The van der Waals surface area contributed by atoms with Gasteiger partial charge < -0.3 is 10.0 Å². The lowest BCUT2D eigenvalue weighted by Crippen LogP contribution is -2.51. The van der Waals surface area contributed by atoms with Crippen LogP contribution in [0.5, 0.6) is 0 Å². The van der Waals surface area contributed by atoms with Gasteiger partial charge in [0, 0.05) is 18.1 Å². The molecule has 1 aromatic rings. The predicted octanol–water partition coefficient (Wildman–Crippen LogP) is 3.53. The molecule has 0 spiro atoms. The van der Waals surface area contributed by atoms with Gasteiger partial charge in [-0.15, -0.1) is 0 Å². The van der Waals surface area contributed by atoms with Crippen LogP contribution in [0.1, 0.15) is 50.5 Å². The van der Waals surface area contributed by atoms with Crippen LogP contribution in [-0.4, -0.2) is 35.1 Å². The first kappa shape index (κ1) is 15.8. The van der Waals surface area contributed by atoms with Crippen molar-refractivity contribution in [2.45, 2.75) is 56.5 Å². The number of piperidine rings is 1. The number of nitrogens with zero attached hydrogens (tertiary/aromatic N) is 1. The van der Waals surface area contributed by atoms with Gasteiger partial charge in [0.1, 0.15) is 0 Å². The number of amides is 1. The molecule has 0 radical (unpaired) electrons. The van der Waals surface area contributed by atoms with Crippen molar-refractivity contribution in [3.63, 3.8) is 0 Å². The molecule has 0 unspecified atom stereocenters. The Bertz CT molecular complexity index is 514. The zero-order valence-corrected chi connectivity index (χ0v) is 13.7. The number of carbonyl (C=O) groups is 1. The van der Waals surface area contributed by atoms with Gasteiger partial charge in [-0.2, -0.15) is 0 Å². The molecule has 1 heterocycles. The Morgan fingerprint density at radius 1 is 1.09 bits per heavy atom. The summed E-state index contributed by atoms with van der Waals surface area (Å²) in [7, 11) is 0. The second-order valence-electron chi connectivity index (χ2n) is 6.67. The van der Waals surface area contributed by atoms with Crippen molar-refractivity contribution in [1.82, 2.24) is 4.90 Å². The third-order valence-corrected chi connectivity index (χ3v) is 5.52. The van der Waals surface area contributed by atoms with E-state index in [2.05, 4.69) is 0 Å². The number of hydrogen-bond donors (Lipinski definition) is 1. The number of rotatable bonds is 2. The topological polar surface area (TPSA) is 40.5 Å². The minimum absolute atomic E-state index is 0.248. The lowest BCUT2D eigenvalue weighted by Gasteiger charge is -2.42. The summed E-state index contributed by atoms with van der Waals surface area (Å²) in [5, 5.41) is 10.4. The van der Waals surface area contributed by atoms with Crippen molar-refractivity contribution < 1.29 is 9.90 Å². The zero-order chi connectivity index (χ0) is 15.6. The molecule has 1 N–H and O–H groups in total. The second-order valence-corrected chi connectivity index (χ2v) is 7.11. The van der Waals surface area contributed by atoms with Crippen LogP contribution in [0.15, 0.2) is 24.3 Å². The highest BCUT2D eigenvalue weighted by Crippen LogP contribution is 2.41. The fourth-order valence-corrected chi connectivity index (χ4v) is 4.05. The normalized spacial score (nSPS) is 22.5. The monoisotopic (exact) mass is 321 g/mol. The summed E-state index contributed by atoms with van der Waals surface area (Å²) in [4.78, 5) is 15.2. The molecule has 2 fully saturated rings. The maximum absolute atomic E-state index is 13.3. The Morgan fingerprint density at radius 3 is 2.27 bits per heavy atom. The van der Waals surface area contributed by atoms with Gasteiger partial charge in [0.2, 0.25) is 5.91 Å². The highest BCUT2D eigenvalue weighted by Gasteiger charge is 2.43. The van der Waals surface area contributed by atoms with E-state index in [1.807, 2.05) is 29.2 Å². The van der Waals surface area contributed by atoms with Crippen LogP contribution < -0.4 is 0 Å². The molecular weight excluding hydrogens is 298 g/mol.